The van der Waals surface area contributed by atoms with E-state index < -0.39 is 4.92 Å². The molecule has 1 aromatic carbocycles. The molecule has 2 rings (SSSR count). The molecule has 2 N–H and O–H groups in total. The second-order valence-electron chi connectivity index (χ2n) is 3.20. The summed E-state index contributed by atoms with van der Waals surface area (Å²) in [5, 5.41) is 11.0. The first-order valence-corrected chi connectivity index (χ1v) is 6.71. The maximum absolute atomic E-state index is 10.5. The van der Waals surface area contributed by atoms with E-state index in [9.17, 15) is 10.1 Å². The number of nitrogen functional groups attached to an aromatic ring is 1. The summed E-state index contributed by atoms with van der Waals surface area (Å²) >= 11 is 2.98. The molecule has 0 aliphatic carbocycles. The molecule has 0 aliphatic heterocycles. The SMILES string of the molecule is CSc1sc(N)nc1-c1ccc([N+](=O)[O-])cc1. The van der Waals surface area contributed by atoms with Crippen molar-refractivity contribution in [3.05, 3.63) is 34.4 Å². The van der Waals surface area contributed by atoms with Crippen LogP contribution in [0.15, 0.2) is 28.5 Å². The Kier molecular flexibility index (Phi) is 3.30. The van der Waals surface area contributed by atoms with Gasteiger partial charge in [-0.2, -0.15) is 0 Å². The molecule has 0 bridgehead atoms. The van der Waals surface area contributed by atoms with Crippen molar-refractivity contribution in [2.75, 3.05) is 12.0 Å². The first-order chi connectivity index (χ1) is 8.11. The first kappa shape index (κ1) is 11.9. The quantitative estimate of drug-likeness (QED) is 0.525. The lowest BCUT2D eigenvalue weighted by Gasteiger charge is -1.99. The van der Waals surface area contributed by atoms with Gasteiger partial charge in [0.25, 0.3) is 5.69 Å². The smallest absolute Gasteiger partial charge is 0.269 e. The van der Waals surface area contributed by atoms with Gasteiger partial charge in [0.2, 0.25) is 0 Å². The maximum atomic E-state index is 10.5. The van der Waals surface area contributed by atoms with Crippen LogP contribution in [0.3, 0.4) is 0 Å². The van der Waals surface area contributed by atoms with Crippen molar-refractivity contribution in [1.29, 1.82) is 0 Å². The number of nitrogens with zero attached hydrogens (tertiary/aromatic N) is 2. The highest BCUT2D eigenvalue weighted by Crippen LogP contribution is 2.36. The molecule has 1 heterocycles. The minimum absolute atomic E-state index is 0.0719. The van der Waals surface area contributed by atoms with Crippen LogP contribution in [0.2, 0.25) is 0 Å². The third kappa shape index (κ3) is 2.40. The van der Waals surface area contributed by atoms with Crippen LogP contribution in [-0.2, 0) is 0 Å². The van der Waals surface area contributed by atoms with Crippen LogP contribution in [-0.4, -0.2) is 16.2 Å². The van der Waals surface area contributed by atoms with Gasteiger partial charge in [-0.15, -0.1) is 11.8 Å². The molecule has 5 nitrogen and oxygen atoms in total. The van der Waals surface area contributed by atoms with E-state index in [-0.39, 0.29) is 5.69 Å². The Labute approximate surface area is 106 Å². The maximum Gasteiger partial charge on any atom is 0.269 e. The number of nitro groups is 1. The molecular formula is C10H9N3O2S2. The fourth-order valence-corrected chi connectivity index (χ4v) is 2.92. The third-order valence-electron chi connectivity index (χ3n) is 2.15. The number of thiazole rings is 1. The molecule has 0 radical (unpaired) electrons. The molecule has 17 heavy (non-hydrogen) atoms. The van der Waals surface area contributed by atoms with Gasteiger partial charge in [0.15, 0.2) is 5.13 Å². The molecule has 0 saturated carbocycles. The summed E-state index contributed by atoms with van der Waals surface area (Å²) in [6.07, 6.45) is 1.95. The molecule has 0 fully saturated rings. The summed E-state index contributed by atoms with van der Waals surface area (Å²) < 4.78 is 1.01. The third-order valence-corrected chi connectivity index (χ3v) is 4.14. The monoisotopic (exact) mass is 267 g/mol. The predicted molar refractivity (Wildman–Crippen MR) is 70.4 cm³/mol. The number of rotatable bonds is 3. The Bertz CT molecular complexity index is 551. The lowest BCUT2D eigenvalue weighted by molar-refractivity contribution is -0.384. The summed E-state index contributed by atoms with van der Waals surface area (Å²) in [7, 11) is 0. The molecule has 0 aliphatic rings. The number of aromatic nitrogens is 1. The van der Waals surface area contributed by atoms with Gasteiger partial charge in [0.1, 0.15) is 0 Å². The van der Waals surface area contributed by atoms with Crippen LogP contribution in [0.4, 0.5) is 10.8 Å². The molecule has 0 amide bonds. The van der Waals surface area contributed by atoms with Gasteiger partial charge < -0.3 is 5.73 Å². The van der Waals surface area contributed by atoms with Crippen molar-refractivity contribution < 1.29 is 4.92 Å². The van der Waals surface area contributed by atoms with E-state index in [0.29, 0.717) is 5.13 Å². The molecule has 0 spiro atoms. The number of nitro benzene ring substituents is 1. The van der Waals surface area contributed by atoms with Crippen LogP contribution >= 0.6 is 23.1 Å². The fraction of sp³-hybridized carbons (Fsp3) is 0.100. The van der Waals surface area contributed by atoms with Crippen molar-refractivity contribution in [3.8, 4) is 11.3 Å². The predicted octanol–water partition coefficient (Wildman–Crippen LogP) is 3.02. The lowest BCUT2D eigenvalue weighted by Crippen LogP contribution is -1.88. The van der Waals surface area contributed by atoms with Crippen LogP contribution in [0.25, 0.3) is 11.3 Å². The summed E-state index contributed by atoms with van der Waals surface area (Å²) in [5.74, 6) is 0. The van der Waals surface area contributed by atoms with E-state index in [1.54, 1.807) is 23.9 Å². The number of benzene rings is 1. The molecule has 7 heteroatoms. The molecule has 1 aromatic heterocycles. The minimum Gasteiger partial charge on any atom is -0.375 e. The number of hydrogen-bond donors (Lipinski definition) is 1. The largest absolute Gasteiger partial charge is 0.375 e. The number of non-ortho nitro benzene ring substituents is 1. The highest BCUT2D eigenvalue weighted by atomic mass is 32.2. The Morgan fingerprint density at radius 3 is 2.59 bits per heavy atom. The second-order valence-corrected chi connectivity index (χ2v) is 5.30. The van der Waals surface area contributed by atoms with Gasteiger partial charge in [0.05, 0.1) is 14.8 Å². The fourth-order valence-electron chi connectivity index (χ4n) is 1.38. The lowest BCUT2D eigenvalue weighted by atomic mass is 10.1. The summed E-state index contributed by atoms with van der Waals surface area (Å²) in [4.78, 5) is 14.4. The number of thioether (sulfide) groups is 1. The number of hydrogen-bond acceptors (Lipinski definition) is 6. The molecule has 0 saturated heterocycles. The zero-order chi connectivity index (χ0) is 12.4. The van der Waals surface area contributed by atoms with E-state index in [1.807, 2.05) is 6.26 Å². The molecule has 0 unspecified atom stereocenters. The Balaban J connectivity index is 2.42. The highest BCUT2D eigenvalue weighted by molar-refractivity contribution is 8.00. The average molecular weight is 267 g/mol. The van der Waals surface area contributed by atoms with Crippen molar-refractivity contribution >= 4 is 33.9 Å². The van der Waals surface area contributed by atoms with Crippen LogP contribution in [0.1, 0.15) is 0 Å². The van der Waals surface area contributed by atoms with E-state index in [2.05, 4.69) is 4.98 Å². The van der Waals surface area contributed by atoms with Gasteiger partial charge >= 0.3 is 0 Å². The normalized spacial score (nSPS) is 10.4. The van der Waals surface area contributed by atoms with Crippen molar-refractivity contribution in [2.24, 2.45) is 0 Å². The summed E-state index contributed by atoms with van der Waals surface area (Å²) in [6.45, 7) is 0. The van der Waals surface area contributed by atoms with E-state index in [4.69, 9.17) is 5.73 Å². The zero-order valence-electron chi connectivity index (χ0n) is 8.91. The van der Waals surface area contributed by atoms with Crippen LogP contribution in [0, 0.1) is 10.1 Å². The van der Waals surface area contributed by atoms with Crippen LogP contribution < -0.4 is 5.73 Å². The molecule has 0 atom stereocenters. The van der Waals surface area contributed by atoms with E-state index in [1.165, 1.54) is 23.5 Å². The zero-order valence-corrected chi connectivity index (χ0v) is 10.5. The van der Waals surface area contributed by atoms with Gasteiger partial charge in [0, 0.05) is 17.7 Å². The number of nitrogens with two attached hydrogens (primary N) is 1. The second kappa shape index (κ2) is 4.72. The van der Waals surface area contributed by atoms with Crippen molar-refractivity contribution in [3.63, 3.8) is 0 Å². The van der Waals surface area contributed by atoms with Gasteiger partial charge in [-0.05, 0) is 18.4 Å². The Morgan fingerprint density at radius 1 is 1.41 bits per heavy atom. The van der Waals surface area contributed by atoms with Gasteiger partial charge in [-0.3, -0.25) is 10.1 Å². The summed E-state index contributed by atoms with van der Waals surface area (Å²) in [5.41, 5.74) is 7.36. The molecule has 2 aromatic rings. The summed E-state index contributed by atoms with van der Waals surface area (Å²) in [6, 6.07) is 6.31. The molecular weight excluding hydrogens is 258 g/mol. The van der Waals surface area contributed by atoms with Crippen molar-refractivity contribution in [1.82, 2.24) is 4.98 Å². The average Bonchev–Trinajstić information content (AvgIpc) is 2.70. The van der Waals surface area contributed by atoms with Crippen molar-refractivity contribution in [2.45, 2.75) is 4.21 Å². The van der Waals surface area contributed by atoms with E-state index >= 15 is 0 Å². The van der Waals surface area contributed by atoms with Gasteiger partial charge in [-0.1, -0.05) is 11.3 Å². The highest BCUT2D eigenvalue weighted by Gasteiger charge is 2.12. The minimum atomic E-state index is -0.422. The van der Waals surface area contributed by atoms with Crippen LogP contribution in [0.5, 0.6) is 0 Å². The topological polar surface area (TPSA) is 82.0 Å². The number of anilines is 1. The first-order valence-electron chi connectivity index (χ1n) is 4.67. The Hall–Kier alpha value is -1.60. The molecule has 88 valence electrons. The standard InChI is InChI=1S/C10H9N3O2S2/c1-16-9-8(12-10(11)17-9)6-2-4-7(5-3-6)13(14)15/h2-5H,1H3,(H2,11,12). The van der Waals surface area contributed by atoms with Gasteiger partial charge in [-0.25, -0.2) is 4.98 Å². The Morgan fingerprint density at radius 2 is 2.06 bits per heavy atom. The van der Waals surface area contributed by atoms with E-state index in [0.717, 1.165) is 15.5 Å².